The highest BCUT2D eigenvalue weighted by molar-refractivity contribution is 6.13. The maximum atomic E-state index is 13.2. The van der Waals surface area contributed by atoms with Gasteiger partial charge < -0.3 is 4.52 Å². The SMILES string of the molecule is CCCCc1onc(-c2ccc([N+](=O)[O-])cc2)c1C(=O)c1ccc([N+](=O)[O-])cc1. The summed E-state index contributed by atoms with van der Waals surface area (Å²) in [5, 5.41) is 25.8. The van der Waals surface area contributed by atoms with E-state index in [2.05, 4.69) is 5.16 Å². The second kappa shape index (κ2) is 8.42. The number of carbonyl (C=O) groups excluding carboxylic acids is 1. The molecule has 1 heterocycles. The second-order valence-corrected chi connectivity index (χ2v) is 6.37. The lowest BCUT2D eigenvalue weighted by atomic mass is 9.96. The van der Waals surface area contributed by atoms with Gasteiger partial charge in [-0.25, -0.2) is 0 Å². The minimum Gasteiger partial charge on any atom is -0.360 e. The van der Waals surface area contributed by atoms with Crippen LogP contribution >= 0.6 is 0 Å². The third-order valence-corrected chi connectivity index (χ3v) is 4.44. The van der Waals surface area contributed by atoms with Gasteiger partial charge in [0, 0.05) is 41.8 Å². The van der Waals surface area contributed by atoms with E-state index in [0.29, 0.717) is 17.7 Å². The molecule has 0 bridgehead atoms. The standard InChI is InChI=1S/C20H17N3O6/c1-2-3-4-17-18(20(24)14-7-11-16(12-8-14)23(27)28)19(21-29-17)13-5-9-15(10-6-13)22(25)26/h5-12H,2-4H2,1H3. The van der Waals surface area contributed by atoms with Gasteiger partial charge in [-0.1, -0.05) is 18.5 Å². The van der Waals surface area contributed by atoms with Gasteiger partial charge in [0.25, 0.3) is 11.4 Å². The lowest BCUT2D eigenvalue weighted by molar-refractivity contribution is -0.385. The van der Waals surface area contributed by atoms with Crippen LogP contribution in [0.3, 0.4) is 0 Å². The van der Waals surface area contributed by atoms with Crippen LogP contribution in [0.25, 0.3) is 11.3 Å². The number of ketones is 1. The zero-order valence-electron chi connectivity index (χ0n) is 15.5. The summed E-state index contributed by atoms with van der Waals surface area (Å²) in [6, 6.07) is 11.0. The predicted molar refractivity (Wildman–Crippen MR) is 104 cm³/mol. The van der Waals surface area contributed by atoms with Gasteiger partial charge in [-0.3, -0.25) is 25.0 Å². The van der Waals surface area contributed by atoms with Crippen LogP contribution in [-0.2, 0) is 6.42 Å². The topological polar surface area (TPSA) is 129 Å². The highest BCUT2D eigenvalue weighted by Gasteiger charge is 2.25. The van der Waals surface area contributed by atoms with Crippen molar-refractivity contribution in [1.29, 1.82) is 0 Å². The van der Waals surface area contributed by atoms with Crippen molar-refractivity contribution in [2.45, 2.75) is 26.2 Å². The maximum Gasteiger partial charge on any atom is 0.269 e. The van der Waals surface area contributed by atoms with Crippen molar-refractivity contribution in [3.8, 4) is 11.3 Å². The van der Waals surface area contributed by atoms with E-state index >= 15 is 0 Å². The highest BCUT2D eigenvalue weighted by atomic mass is 16.6. The summed E-state index contributed by atoms with van der Waals surface area (Å²) in [5.74, 6) is 0.0455. The van der Waals surface area contributed by atoms with E-state index < -0.39 is 9.85 Å². The molecular weight excluding hydrogens is 378 g/mol. The number of aryl methyl sites for hydroxylation is 1. The number of hydrogen-bond acceptors (Lipinski definition) is 7. The minimum absolute atomic E-state index is 0.0771. The molecule has 148 valence electrons. The Labute approximate surface area is 165 Å². The number of carbonyl (C=O) groups is 1. The molecule has 0 spiro atoms. The second-order valence-electron chi connectivity index (χ2n) is 6.37. The highest BCUT2D eigenvalue weighted by Crippen LogP contribution is 2.30. The third-order valence-electron chi connectivity index (χ3n) is 4.44. The number of non-ortho nitro benzene ring substituents is 2. The predicted octanol–water partition coefficient (Wildman–Crippen LogP) is 4.73. The number of unbranched alkanes of at least 4 members (excludes halogenated alkanes) is 1. The molecule has 0 fully saturated rings. The molecule has 0 atom stereocenters. The van der Waals surface area contributed by atoms with Crippen molar-refractivity contribution in [2.75, 3.05) is 0 Å². The molecule has 9 heteroatoms. The molecule has 0 saturated carbocycles. The average Bonchev–Trinajstić information content (AvgIpc) is 3.15. The van der Waals surface area contributed by atoms with Gasteiger partial charge in [0.15, 0.2) is 5.78 Å². The Morgan fingerprint density at radius 2 is 1.52 bits per heavy atom. The normalized spacial score (nSPS) is 10.7. The number of hydrogen-bond donors (Lipinski definition) is 0. The summed E-state index contributed by atoms with van der Waals surface area (Å²) in [6.07, 6.45) is 2.18. The van der Waals surface area contributed by atoms with E-state index in [1.54, 1.807) is 0 Å². The average molecular weight is 395 g/mol. The molecule has 0 N–H and O–H groups in total. The smallest absolute Gasteiger partial charge is 0.269 e. The Kier molecular flexibility index (Phi) is 5.77. The number of benzene rings is 2. The molecule has 3 aromatic rings. The van der Waals surface area contributed by atoms with Crippen molar-refractivity contribution in [2.24, 2.45) is 0 Å². The number of nitrogens with zero attached hydrogens (tertiary/aromatic N) is 3. The molecule has 0 saturated heterocycles. The maximum absolute atomic E-state index is 13.2. The molecule has 3 rings (SSSR count). The molecular formula is C20H17N3O6. The van der Waals surface area contributed by atoms with Crippen LogP contribution in [0.2, 0.25) is 0 Å². The summed E-state index contributed by atoms with van der Waals surface area (Å²) in [4.78, 5) is 33.8. The van der Waals surface area contributed by atoms with Crippen LogP contribution in [0, 0.1) is 20.2 Å². The number of rotatable bonds is 8. The molecule has 9 nitrogen and oxygen atoms in total. The van der Waals surface area contributed by atoms with Crippen molar-refractivity contribution in [3.63, 3.8) is 0 Å². The first-order chi connectivity index (χ1) is 13.9. The Morgan fingerprint density at radius 3 is 2.03 bits per heavy atom. The third kappa shape index (κ3) is 4.18. The molecule has 0 unspecified atom stereocenters. The molecule has 0 amide bonds. The van der Waals surface area contributed by atoms with E-state index in [1.165, 1.54) is 48.5 Å². The fraction of sp³-hybridized carbons (Fsp3) is 0.200. The van der Waals surface area contributed by atoms with Crippen molar-refractivity contribution in [1.82, 2.24) is 5.16 Å². The number of nitro benzene ring substituents is 2. The van der Waals surface area contributed by atoms with Crippen molar-refractivity contribution < 1.29 is 19.2 Å². The summed E-state index contributed by atoms with van der Waals surface area (Å²) >= 11 is 0. The van der Waals surface area contributed by atoms with Gasteiger partial charge in [0.1, 0.15) is 11.5 Å². The van der Waals surface area contributed by atoms with E-state index in [1.807, 2.05) is 6.92 Å². The zero-order chi connectivity index (χ0) is 21.0. The van der Waals surface area contributed by atoms with E-state index in [-0.39, 0.29) is 34.0 Å². The Hall–Kier alpha value is -3.88. The van der Waals surface area contributed by atoms with Crippen LogP contribution in [-0.4, -0.2) is 20.8 Å². The van der Waals surface area contributed by atoms with Gasteiger partial charge in [-0.2, -0.15) is 0 Å². The molecule has 0 aliphatic rings. The van der Waals surface area contributed by atoms with Gasteiger partial charge in [0.2, 0.25) is 0 Å². The molecule has 0 radical (unpaired) electrons. The first-order valence-corrected chi connectivity index (χ1v) is 8.95. The van der Waals surface area contributed by atoms with Gasteiger partial charge in [-0.15, -0.1) is 0 Å². The lowest BCUT2D eigenvalue weighted by Crippen LogP contribution is -2.05. The van der Waals surface area contributed by atoms with Crippen LogP contribution in [0.4, 0.5) is 11.4 Å². The van der Waals surface area contributed by atoms with Crippen molar-refractivity contribution in [3.05, 3.63) is 85.6 Å². The first-order valence-electron chi connectivity index (χ1n) is 8.95. The molecule has 1 aromatic heterocycles. The molecule has 0 aliphatic heterocycles. The summed E-state index contributed by atoms with van der Waals surface area (Å²) < 4.78 is 5.42. The van der Waals surface area contributed by atoms with E-state index in [9.17, 15) is 25.0 Å². The van der Waals surface area contributed by atoms with Crippen LogP contribution in [0.1, 0.15) is 41.4 Å². The minimum atomic E-state index is -0.539. The largest absolute Gasteiger partial charge is 0.360 e. The Morgan fingerprint density at radius 1 is 0.966 bits per heavy atom. The quantitative estimate of drug-likeness (QED) is 0.306. The number of aromatic nitrogens is 1. The van der Waals surface area contributed by atoms with Gasteiger partial charge >= 0.3 is 0 Å². The zero-order valence-corrected chi connectivity index (χ0v) is 15.5. The fourth-order valence-corrected chi connectivity index (χ4v) is 2.88. The summed E-state index contributed by atoms with van der Waals surface area (Å²) in [5.41, 5.74) is 1.13. The van der Waals surface area contributed by atoms with Crippen LogP contribution in [0.15, 0.2) is 53.1 Å². The molecule has 2 aromatic carbocycles. The molecule has 29 heavy (non-hydrogen) atoms. The Bertz CT molecular complexity index is 1050. The van der Waals surface area contributed by atoms with Gasteiger partial charge in [0.05, 0.1) is 15.4 Å². The van der Waals surface area contributed by atoms with Gasteiger partial charge in [-0.05, 0) is 30.7 Å². The monoisotopic (exact) mass is 395 g/mol. The fourth-order valence-electron chi connectivity index (χ4n) is 2.88. The van der Waals surface area contributed by atoms with Crippen molar-refractivity contribution >= 4 is 17.2 Å². The summed E-state index contributed by atoms with van der Waals surface area (Å²) in [7, 11) is 0. The lowest BCUT2D eigenvalue weighted by Gasteiger charge is -2.04. The first kappa shape index (κ1) is 19.9. The molecule has 0 aliphatic carbocycles. The van der Waals surface area contributed by atoms with E-state index in [4.69, 9.17) is 4.52 Å². The van der Waals surface area contributed by atoms with E-state index in [0.717, 1.165) is 12.8 Å². The summed E-state index contributed by atoms with van der Waals surface area (Å²) in [6.45, 7) is 2.01. The Balaban J connectivity index is 2.04. The number of nitro groups is 2. The van der Waals surface area contributed by atoms with Crippen LogP contribution < -0.4 is 0 Å². The van der Waals surface area contributed by atoms with Crippen LogP contribution in [0.5, 0.6) is 0 Å².